The lowest BCUT2D eigenvalue weighted by molar-refractivity contribution is 0.0524. The van der Waals surface area contributed by atoms with Crippen LogP contribution < -0.4 is 19.8 Å². The molecule has 0 aliphatic heterocycles. The predicted molar refractivity (Wildman–Crippen MR) is 105 cm³/mol. The molecule has 0 saturated heterocycles. The zero-order valence-electron chi connectivity index (χ0n) is 16.8. The molecule has 1 atom stereocenters. The second-order valence-corrected chi connectivity index (χ2v) is 6.58. The number of aromatic nitrogens is 1. The number of hydrogen-bond donors (Lipinski definition) is 1. The fourth-order valence-corrected chi connectivity index (χ4v) is 3.66. The second kappa shape index (κ2) is 8.38. The number of aromatic amines is 1. The minimum atomic E-state index is -0.743. The average molecular weight is 401 g/mol. The van der Waals surface area contributed by atoms with Crippen LogP contribution in [0.3, 0.4) is 0 Å². The fraction of sp³-hybridized carbons (Fsp3) is 0.381. The minimum Gasteiger partial charge on any atom is -0.493 e. The van der Waals surface area contributed by atoms with E-state index in [9.17, 15) is 14.4 Å². The van der Waals surface area contributed by atoms with Gasteiger partial charge >= 0.3 is 5.97 Å². The van der Waals surface area contributed by atoms with Crippen molar-refractivity contribution in [2.75, 3.05) is 27.9 Å². The van der Waals surface area contributed by atoms with Crippen LogP contribution in [0, 0.1) is 0 Å². The van der Waals surface area contributed by atoms with Crippen molar-refractivity contribution in [2.45, 2.75) is 25.7 Å². The zero-order valence-corrected chi connectivity index (χ0v) is 16.8. The molecule has 29 heavy (non-hydrogen) atoms. The van der Waals surface area contributed by atoms with Crippen molar-refractivity contribution >= 4 is 11.8 Å². The number of H-pyrrole nitrogens is 1. The maximum Gasteiger partial charge on any atom is 0.343 e. The molecular formula is C21H23NO7. The van der Waals surface area contributed by atoms with Crippen molar-refractivity contribution in [3.8, 4) is 17.2 Å². The summed E-state index contributed by atoms with van der Waals surface area (Å²) in [5.41, 5.74) is 0.861. The monoisotopic (exact) mass is 401 g/mol. The first-order valence-corrected chi connectivity index (χ1v) is 9.20. The summed E-state index contributed by atoms with van der Waals surface area (Å²) in [5.74, 6) is 0.301. The number of pyridine rings is 1. The Bertz CT molecular complexity index is 1010. The molecule has 0 radical (unpaired) electrons. The highest BCUT2D eigenvalue weighted by Gasteiger charge is 2.32. The summed E-state index contributed by atoms with van der Waals surface area (Å²) in [7, 11) is 4.57. The van der Waals surface area contributed by atoms with E-state index in [4.69, 9.17) is 18.9 Å². The highest BCUT2D eigenvalue weighted by atomic mass is 16.5. The van der Waals surface area contributed by atoms with Gasteiger partial charge < -0.3 is 23.9 Å². The van der Waals surface area contributed by atoms with E-state index in [1.807, 2.05) is 6.07 Å². The Labute approximate surface area is 167 Å². The van der Waals surface area contributed by atoms with Gasteiger partial charge in [-0.1, -0.05) is 6.07 Å². The lowest BCUT2D eigenvalue weighted by atomic mass is 9.81. The number of hydrogen-bond acceptors (Lipinski definition) is 7. The molecule has 1 heterocycles. The van der Waals surface area contributed by atoms with Crippen LogP contribution in [0.15, 0.2) is 23.0 Å². The SMILES string of the molecule is CCOC(=O)c1cc2c([nH]c1=O)C[C@H](c1ccc(OC)c(OC)c1OC)CC2=O. The lowest BCUT2D eigenvalue weighted by Crippen LogP contribution is -2.28. The van der Waals surface area contributed by atoms with Gasteiger partial charge in [0.15, 0.2) is 17.3 Å². The van der Waals surface area contributed by atoms with Gasteiger partial charge in [-0.2, -0.15) is 0 Å². The molecule has 0 bridgehead atoms. The van der Waals surface area contributed by atoms with Crippen LogP contribution in [0.5, 0.6) is 17.2 Å². The van der Waals surface area contributed by atoms with Crippen LogP contribution in [0.2, 0.25) is 0 Å². The van der Waals surface area contributed by atoms with E-state index >= 15 is 0 Å². The molecule has 1 aromatic heterocycles. The third-order valence-corrected chi connectivity index (χ3v) is 4.98. The van der Waals surface area contributed by atoms with E-state index in [0.717, 1.165) is 5.56 Å². The number of ketones is 1. The number of Topliss-reactive ketones (excluding diaryl/α,β-unsaturated/α-hetero) is 1. The van der Waals surface area contributed by atoms with Crippen molar-refractivity contribution in [1.29, 1.82) is 0 Å². The Balaban J connectivity index is 2.03. The first-order chi connectivity index (χ1) is 13.9. The van der Waals surface area contributed by atoms with E-state index < -0.39 is 11.5 Å². The van der Waals surface area contributed by atoms with Crippen molar-refractivity contribution in [1.82, 2.24) is 4.98 Å². The number of nitrogens with one attached hydrogen (secondary N) is 1. The van der Waals surface area contributed by atoms with E-state index in [-0.39, 0.29) is 30.3 Å². The van der Waals surface area contributed by atoms with Crippen molar-refractivity contribution in [3.63, 3.8) is 0 Å². The number of carbonyl (C=O) groups excluding carboxylic acids is 2. The molecule has 1 N–H and O–H groups in total. The van der Waals surface area contributed by atoms with Gasteiger partial charge in [-0.15, -0.1) is 0 Å². The first kappa shape index (κ1) is 20.4. The molecule has 1 aromatic carbocycles. The molecule has 0 spiro atoms. The van der Waals surface area contributed by atoms with Gasteiger partial charge in [0, 0.05) is 29.2 Å². The molecule has 8 nitrogen and oxygen atoms in total. The second-order valence-electron chi connectivity index (χ2n) is 6.58. The summed E-state index contributed by atoms with van der Waals surface area (Å²) in [5, 5.41) is 0. The van der Waals surface area contributed by atoms with Crippen molar-refractivity contribution in [2.24, 2.45) is 0 Å². The van der Waals surface area contributed by atoms with E-state index in [0.29, 0.717) is 34.9 Å². The smallest absolute Gasteiger partial charge is 0.343 e. The molecule has 2 aromatic rings. The highest BCUT2D eigenvalue weighted by Crippen LogP contribution is 2.45. The topological polar surface area (TPSA) is 104 Å². The highest BCUT2D eigenvalue weighted by molar-refractivity contribution is 6.01. The summed E-state index contributed by atoms with van der Waals surface area (Å²) in [6, 6.07) is 4.91. The van der Waals surface area contributed by atoms with Crippen LogP contribution >= 0.6 is 0 Å². The number of ether oxygens (including phenoxy) is 4. The number of rotatable bonds is 6. The lowest BCUT2D eigenvalue weighted by Gasteiger charge is -2.26. The zero-order chi connectivity index (χ0) is 21.1. The normalized spacial score (nSPS) is 15.4. The average Bonchev–Trinajstić information content (AvgIpc) is 2.71. The van der Waals surface area contributed by atoms with Crippen LogP contribution in [0.25, 0.3) is 0 Å². The van der Waals surface area contributed by atoms with Crippen LogP contribution in [-0.2, 0) is 11.2 Å². The van der Waals surface area contributed by atoms with Crippen LogP contribution in [0.1, 0.15) is 51.2 Å². The Hall–Kier alpha value is -3.29. The molecule has 8 heteroatoms. The number of carbonyl (C=O) groups is 2. The van der Waals surface area contributed by atoms with E-state index in [2.05, 4.69) is 4.98 Å². The molecule has 0 unspecified atom stereocenters. The summed E-state index contributed by atoms with van der Waals surface area (Å²) < 4.78 is 21.2. The van der Waals surface area contributed by atoms with Gasteiger partial charge in [0.05, 0.1) is 27.9 Å². The summed E-state index contributed by atoms with van der Waals surface area (Å²) >= 11 is 0. The van der Waals surface area contributed by atoms with Gasteiger partial charge in [0.2, 0.25) is 5.75 Å². The molecule has 3 rings (SSSR count). The molecule has 0 fully saturated rings. The molecular weight excluding hydrogens is 378 g/mol. The molecule has 0 saturated carbocycles. The Morgan fingerprint density at radius 2 is 1.79 bits per heavy atom. The maximum atomic E-state index is 12.8. The van der Waals surface area contributed by atoms with Gasteiger partial charge in [-0.05, 0) is 25.5 Å². The van der Waals surface area contributed by atoms with Crippen LogP contribution in [0.4, 0.5) is 0 Å². The van der Waals surface area contributed by atoms with E-state index in [1.54, 1.807) is 13.0 Å². The quantitative estimate of drug-likeness (QED) is 0.742. The number of esters is 1. The molecule has 0 amide bonds. The third kappa shape index (κ3) is 3.70. The molecule has 154 valence electrons. The summed E-state index contributed by atoms with van der Waals surface area (Å²) in [6.07, 6.45) is 0.610. The Morgan fingerprint density at radius 3 is 2.41 bits per heavy atom. The van der Waals surface area contributed by atoms with Gasteiger partial charge in [-0.25, -0.2) is 4.79 Å². The largest absolute Gasteiger partial charge is 0.493 e. The number of benzene rings is 1. The Morgan fingerprint density at radius 1 is 1.07 bits per heavy atom. The fourth-order valence-electron chi connectivity index (χ4n) is 3.66. The van der Waals surface area contributed by atoms with Crippen molar-refractivity contribution in [3.05, 3.63) is 50.9 Å². The standard InChI is InChI=1S/C21H23NO7/c1-5-29-21(25)14-10-13-15(22-20(14)24)8-11(9-16(13)23)12-6-7-17(26-2)19(28-4)18(12)27-3/h6-7,10-11H,5,8-9H2,1-4H3,(H,22,24)/t11-/m0/s1. The van der Waals surface area contributed by atoms with Gasteiger partial charge in [-0.3, -0.25) is 9.59 Å². The minimum absolute atomic E-state index is 0.143. The first-order valence-electron chi connectivity index (χ1n) is 9.20. The third-order valence-electron chi connectivity index (χ3n) is 4.98. The predicted octanol–water partition coefficient (Wildman–Crippen LogP) is 2.49. The summed E-state index contributed by atoms with van der Waals surface area (Å²) in [6.45, 7) is 1.79. The van der Waals surface area contributed by atoms with Gasteiger partial charge in [0.25, 0.3) is 5.56 Å². The number of fused-ring (bicyclic) bond motifs is 1. The van der Waals surface area contributed by atoms with Crippen LogP contribution in [-0.4, -0.2) is 44.7 Å². The molecule has 1 aliphatic rings. The summed E-state index contributed by atoms with van der Waals surface area (Å²) in [4.78, 5) is 39.8. The Kier molecular flexibility index (Phi) is 5.91. The molecule has 1 aliphatic carbocycles. The maximum absolute atomic E-state index is 12.8. The van der Waals surface area contributed by atoms with E-state index in [1.165, 1.54) is 27.4 Å². The van der Waals surface area contributed by atoms with Crippen molar-refractivity contribution < 1.29 is 28.5 Å². The van der Waals surface area contributed by atoms with Gasteiger partial charge in [0.1, 0.15) is 5.56 Å². The number of methoxy groups -OCH3 is 3.